The first-order chi connectivity index (χ1) is 12.8. The molecule has 2 aromatic carbocycles. The number of methoxy groups -OCH3 is 1. The predicted molar refractivity (Wildman–Crippen MR) is 105 cm³/mol. The largest absolute Gasteiger partial charge is 0.497 e. The molecule has 1 heterocycles. The van der Waals surface area contributed by atoms with Gasteiger partial charge >= 0.3 is 0 Å². The third-order valence-electron chi connectivity index (χ3n) is 4.71. The number of hydrogen-bond donors (Lipinski definition) is 1. The molecule has 1 aliphatic rings. The van der Waals surface area contributed by atoms with Crippen LogP contribution in [0.4, 0.5) is 0 Å². The van der Waals surface area contributed by atoms with E-state index in [1.165, 1.54) is 11.4 Å². The summed E-state index contributed by atoms with van der Waals surface area (Å²) < 4.78 is 13.4. The number of piperazine rings is 1. The first-order valence-corrected chi connectivity index (χ1v) is 9.14. The number of nitrogens with one attached hydrogen (secondary N) is 1. The van der Waals surface area contributed by atoms with Crippen molar-refractivity contribution in [1.82, 2.24) is 10.2 Å². The molecule has 0 aliphatic carbocycles. The molecule has 1 N–H and O–H groups in total. The Morgan fingerprint density at radius 1 is 1.00 bits per heavy atom. The third-order valence-corrected chi connectivity index (χ3v) is 4.71. The second-order valence-corrected chi connectivity index (χ2v) is 6.32. The summed E-state index contributed by atoms with van der Waals surface area (Å²) in [7, 11) is 3.67. The van der Waals surface area contributed by atoms with Gasteiger partial charge in [0, 0.05) is 19.6 Å². The molecule has 5 nitrogen and oxygen atoms in total. The zero-order valence-electron chi connectivity index (χ0n) is 15.6. The number of ether oxygens (including phenoxy) is 2. The van der Waals surface area contributed by atoms with E-state index in [0.717, 1.165) is 44.2 Å². The molecule has 0 atom stereocenters. The number of hydrogen-bond acceptors (Lipinski definition) is 3. The quantitative estimate of drug-likeness (QED) is 0.636. The first kappa shape index (κ1) is 18.3. The standard InChI is InChI=1S/C21H27N3O2/c1-22-21(18-6-4-3-5-7-18)24-14-12-23(13-15-24)16-17-26-20-10-8-19(25-2)9-11-20/h3-11H,12-17H2,1-2H3/p+1. The Balaban J connectivity index is 1.48. The van der Waals surface area contributed by atoms with E-state index in [1.54, 1.807) is 7.11 Å². The van der Waals surface area contributed by atoms with E-state index >= 15 is 0 Å². The van der Waals surface area contributed by atoms with Crippen LogP contribution >= 0.6 is 0 Å². The minimum atomic E-state index is 0.702. The van der Waals surface area contributed by atoms with Gasteiger partial charge in [0.15, 0.2) is 0 Å². The van der Waals surface area contributed by atoms with Crippen LogP contribution in [0.5, 0.6) is 11.5 Å². The molecule has 0 aromatic heterocycles. The topological polar surface area (TPSA) is 36.7 Å². The molecule has 1 saturated heterocycles. The summed E-state index contributed by atoms with van der Waals surface area (Å²) in [6.45, 7) is 5.78. The monoisotopic (exact) mass is 354 g/mol. The number of nitrogens with zero attached hydrogens (tertiary/aromatic N) is 2. The fourth-order valence-electron chi connectivity index (χ4n) is 3.24. The van der Waals surface area contributed by atoms with Crippen molar-refractivity contribution in [2.75, 3.05) is 53.5 Å². The summed E-state index contributed by atoms with van der Waals surface area (Å²) in [5.74, 6) is 2.95. The van der Waals surface area contributed by atoms with Crippen molar-refractivity contribution in [2.24, 2.45) is 0 Å². The number of rotatable bonds is 6. The van der Waals surface area contributed by atoms with Gasteiger partial charge in [-0.25, -0.2) is 0 Å². The zero-order chi connectivity index (χ0) is 18.2. The first-order valence-electron chi connectivity index (χ1n) is 9.14. The average molecular weight is 354 g/mol. The fourth-order valence-corrected chi connectivity index (χ4v) is 3.24. The van der Waals surface area contributed by atoms with Gasteiger partial charge in [-0.15, -0.1) is 0 Å². The second-order valence-electron chi connectivity index (χ2n) is 6.32. The van der Waals surface area contributed by atoms with Crippen molar-refractivity contribution < 1.29 is 14.0 Å². The molecule has 0 radical (unpaired) electrons. The summed E-state index contributed by atoms with van der Waals surface area (Å²) in [6.07, 6.45) is 0. The minimum Gasteiger partial charge on any atom is -0.497 e. The minimum absolute atomic E-state index is 0.702. The van der Waals surface area contributed by atoms with E-state index in [9.17, 15) is 0 Å². The Labute approximate surface area is 155 Å². The van der Waals surface area contributed by atoms with E-state index in [1.807, 2.05) is 31.3 Å². The van der Waals surface area contributed by atoms with Crippen LogP contribution in [-0.2, 0) is 0 Å². The molecular formula is C21H28N3O2+. The molecule has 1 fully saturated rings. The van der Waals surface area contributed by atoms with E-state index in [2.05, 4.69) is 45.1 Å². The molecule has 26 heavy (non-hydrogen) atoms. The lowest BCUT2D eigenvalue weighted by Crippen LogP contribution is -2.47. The Hall–Kier alpha value is -2.53. The van der Waals surface area contributed by atoms with Crippen molar-refractivity contribution in [3.8, 4) is 11.5 Å². The third kappa shape index (κ3) is 4.76. The van der Waals surface area contributed by atoms with Gasteiger partial charge in [-0.05, 0) is 36.4 Å². The smallest absolute Gasteiger partial charge is 0.276 e. The van der Waals surface area contributed by atoms with Crippen LogP contribution in [0.1, 0.15) is 5.56 Å². The van der Waals surface area contributed by atoms with Crippen LogP contribution in [0.15, 0.2) is 54.6 Å². The van der Waals surface area contributed by atoms with Crippen LogP contribution in [0, 0.1) is 0 Å². The maximum atomic E-state index is 5.84. The summed E-state index contributed by atoms with van der Waals surface area (Å²) in [5, 5.41) is 3.37. The SMILES string of the molecule is CNC(c1ccccc1)=[N+]1CCN(CCOc2ccc(OC)cc2)CC1. The van der Waals surface area contributed by atoms with Gasteiger partial charge in [0.05, 0.1) is 32.8 Å². The summed E-state index contributed by atoms with van der Waals surface area (Å²) in [5.41, 5.74) is 1.24. The molecule has 0 saturated carbocycles. The molecule has 0 unspecified atom stereocenters. The van der Waals surface area contributed by atoms with Crippen LogP contribution in [-0.4, -0.2) is 68.8 Å². The Morgan fingerprint density at radius 2 is 1.65 bits per heavy atom. The van der Waals surface area contributed by atoms with Gasteiger partial charge in [0.2, 0.25) is 0 Å². The van der Waals surface area contributed by atoms with Gasteiger partial charge in [-0.2, -0.15) is 0 Å². The lowest BCUT2D eigenvalue weighted by atomic mass is 10.2. The van der Waals surface area contributed by atoms with E-state index < -0.39 is 0 Å². The van der Waals surface area contributed by atoms with Crippen molar-refractivity contribution in [3.05, 3.63) is 60.2 Å². The molecule has 138 valence electrons. The highest BCUT2D eigenvalue weighted by molar-refractivity contribution is 5.94. The molecule has 5 heteroatoms. The fraction of sp³-hybridized carbons (Fsp3) is 0.381. The Bertz CT molecular complexity index is 704. The van der Waals surface area contributed by atoms with Gasteiger partial charge in [-0.3, -0.25) is 14.8 Å². The summed E-state index contributed by atoms with van der Waals surface area (Å²) >= 11 is 0. The molecule has 2 aromatic rings. The summed E-state index contributed by atoms with van der Waals surface area (Å²) in [6, 6.07) is 18.3. The highest BCUT2D eigenvalue weighted by atomic mass is 16.5. The second kappa shape index (κ2) is 9.25. The molecule has 0 amide bonds. The lowest BCUT2D eigenvalue weighted by molar-refractivity contribution is -0.541. The normalized spacial score (nSPS) is 14.8. The molecule has 3 rings (SSSR count). The molecule has 1 aliphatic heterocycles. The lowest BCUT2D eigenvalue weighted by Gasteiger charge is -2.28. The number of amidine groups is 1. The van der Waals surface area contributed by atoms with Crippen molar-refractivity contribution in [3.63, 3.8) is 0 Å². The van der Waals surface area contributed by atoms with Gasteiger partial charge in [-0.1, -0.05) is 18.2 Å². The van der Waals surface area contributed by atoms with Gasteiger partial charge in [0.1, 0.15) is 18.1 Å². The molecule has 0 spiro atoms. The maximum absolute atomic E-state index is 5.84. The maximum Gasteiger partial charge on any atom is 0.276 e. The zero-order valence-corrected chi connectivity index (χ0v) is 15.6. The van der Waals surface area contributed by atoms with Crippen LogP contribution in [0.25, 0.3) is 0 Å². The van der Waals surface area contributed by atoms with Crippen molar-refractivity contribution in [2.45, 2.75) is 0 Å². The highest BCUT2D eigenvalue weighted by Gasteiger charge is 2.20. The van der Waals surface area contributed by atoms with E-state index in [-0.39, 0.29) is 0 Å². The average Bonchev–Trinajstić information content (AvgIpc) is 2.71. The predicted octanol–water partition coefficient (Wildman–Crippen LogP) is 2.07. The van der Waals surface area contributed by atoms with Gasteiger partial charge < -0.3 is 9.47 Å². The molecule has 0 bridgehead atoms. The molecular weight excluding hydrogens is 326 g/mol. The van der Waals surface area contributed by atoms with Crippen LogP contribution in [0.2, 0.25) is 0 Å². The van der Waals surface area contributed by atoms with Crippen molar-refractivity contribution >= 4 is 5.84 Å². The van der Waals surface area contributed by atoms with Crippen LogP contribution < -0.4 is 14.8 Å². The van der Waals surface area contributed by atoms with Gasteiger partial charge in [0.25, 0.3) is 5.84 Å². The van der Waals surface area contributed by atoms with Crippen molar-refractivity contribution in [1.29, 1.82) is 0 Å². The van der Waals surface area contributed by atoms with E-state index in [4.69, 9.17) is 9.47 Å². The Kier molecular flexibility index (Phi) is 6.50. The van der Waals surface area contributed by atoms with Crippen LogP contribution in [0.3, 0.4) is 0 Å². The Morgan fingerprint density at radius 3 is 2.27 bits per heavy atom. The summed E-state index contributed by atoms with van der Waals surface area (Å²) in [4.78, 5) is 2.46. The van der Waals surface area contributed by atoms with E-state index in [0.29, 0.717) is 6.61 Å². The number of benzene rings is 2. The highest BCUT2D eigenvalue weighted by Crippen LogP contribution is 2.16.